The van der Waals surface area contributed by atoms with Crippen LogP contribution in [0.25, 0.3) is 0 Å². The Morgan fingerprint density at radius 1 is 1.47 bits per heavy atom. The summed E-state index contributed by atoms with van der Waals surface area (Å²) in [5.74, 6) is 1.05. The zero-order valence-corrected chi connectivity index (χ0v) is 10.3. The molecule has 3 N–H and O–H groups in total. The molecule has 0 saturated heterocycles. The molecular formula is C11H16N2O3S. The van der Waals surface area contributed by atoms with Crippen molar-refractivity contribution in [2.45, 2.75) is 31.2 Å². The number of carbonyl (C=O) groups is 1. The summed E-state index contributed by atoms with van der Waals surface area (Å²) in [6, 6.07) is 4.29. The lowest BCUT2D eigenvalue weighted by Crippen LogP contribution is -2.20. The molecule has 1 amide bonds. The summed E-state index contributed by atoms with van der Waals surface area (Å²) in [6.45, 7) is 0.702. The highest BCUT2D eigenvalue weighted by molar-refractivity contribution is 7.84. The first-order valence-corrected chi connectivity index (χ1v) is 7.06. The molecule has 1 aliphatic carbocycles. The molecule has 0 radical (unpaired) electrons. The van der Waals surface area contributed by atoms with Gasteiger partial charge in [-0.05, 0) is 25.0 Å². The number of hydrogen-bond donors (Lipinski definition) is 2. The van der Waals surface area contributed by atoms with Gasteiger partial charge in [-0.2, -0.15) is 0 Å². The van der Waals surface area contributed by atoms with E-state index in [9.17, 15) is 9.00 Å². The number of amides is 1. The van der Waals surface area contributed by atoms with Crippen LogP contribution in [-0.2, 0) is 27.9 Å². The third-order valence-corrected chi connectivity index (χ3v) is 3.68. The van der Waals surface area contributed by atoms with Gasteiger partial charge in [0, 0.05) is 16.8 Å². The number of nitrogens with one attached hydrogen (secondary N) is 1. The molecule has 2 rings (SSSR count). The van der Waals surface area contributed by atoms with Crippen molar-refractivity contribution in [1.82, 2.24) is 5.32 Å². The van der Waals surface area contributed by atoms with Crippen LogP contribution in [0.5, 0.6) is 0 Å². The Labute approximate surface area is 102 Å². The van der Waals surface area contributed by atoms with Gasteiger partial charge in [0.05, 0.1) is 12.3 Å². The average molecular weight is 256 g/mol. The Morgan fingerprint density at radius 3 is 2.82 bits per heavy atom. The van der Waals surface area contributed by atoms with Gasteiger partial charge in [-0.3, -0.25) is 9.00 Å². The summed E-state index contributed by atoms with van der Waals surface area (Å²) in [7, 11) is -1.28. The molecule has 1 unspecified atom stereocenters. The zero-order chi connectivity index (χ0) is 12.3. The van der Waals surface area contributed by atoms with Crippen LogP contribution < -0.4 is 11.1 Å². The number of primary amides is 1. The number of furan rings is 1. The number of hydrogen-bond acceptors (Lipinski definition) is 4. The lowest BCUT2D eigenvalue weighted by molar-refractivity contribution is -0.115. The second-order valence-electron chi connectivity index (χ2n) is 4.22. The lowest BCUT2D eigenvalue weighted by Gasteiger charge is -1.99. The van der Waals surface area contributed by atoms with Gasteiger partial charge in [-0.15, -0.1) is 0 Å². The molecule has 94 valence electrons. The largest absolute Gasteiger partial charge is 0.464 e. The molecule has 6 heteroatoms. The maximum absolute atomic E-state index is 11.4. The molecule has 1 aromatic rings. The molecule has 1 atom stereocenters. The highest BCUT2D eigenvalue weighted by Gasteiger charge is 2.20. The maximum Gasteiger partial charge on any atom is 0.230 e. The molecule has 0 aromatic carbocycles. The Balaban J connectivity index is 1.80. The van der Waals surface area contributed by atoms with Gasteiger partial charge in [0.1, 0.15) is 17.3 Å². The number of nitrogens with two attached hydrogens (primary N) is 1. The van der Waals surface area contributed by atoms with Crippen molar-refractivity contribution >= 4 is 16.7 Å². The van der Waals surface area contributed by atoms with Gasteiger partial charge >= 0.3 is 0 Å². The van der Waals surface area contributed by atoms with E-state index in [-0.39, 0.29) is 11.5 Å². The van der Waals surface area contributed by atoms with Crippen LogP contribution in [0.15, 0.2) is 16.5 Å². The highest BCUT2D eigenvalue weighted by atomic mass is 32.2. The molecule has 1 aliphatic rings. The fourth-order valence-electron chi connectivity index (χ4n) is 1.50. The molecule has 5 nitrogen and oxygen atoms in total. The molecule has 0 spiro atoms. The molecule has 0 bridgehead atoms. The normalized spacial score (nSPS) is 16.9. The van der Waals surface area contributed by atoms with E-state index in [1.807, 2.05) is 6.07 Å². The molecular weight excluding hydrogens is 240 g/mol. The van der Waals surface area contributed by atoms with Gasteiger partial charge < -0.3 is 15.5 Å². The highest BCUT2D eigenvalue weighted by Crippen LogP contribution is 2.19. The van der Waals surface area contributed by atoms with E-state index < -0.39 is 16.7 Å². The Morgan fingerprint density at radius 2 is 2.18 bits per heavy atom. The van der Waals surface area contributed by atoms with E-state index in [1.165, 1.54) is 12.8 Å². The van der Waals surface area contributed by atoms with Crippen LogP contribution in [0.2, 0.25) is 0 Å². The first-order valence-electron chi connectivity index (χ1n) is 5.58. The van der Waals surface area contributed by atoms with Crippen LogP contribution >= 0.6 is 0 Å². The summed E-state index contributed by atoms with van der Waals surface area (Å²) in [6.07, 6.45) is 2.46. The first-order chi connectivity index (χ1) is 8.13. The number of rotatable bonds is 7. The SMILES string of the molecule is NC(=O)CS(=O)Cc1ccc(CNC2CC2)o1. The molecule has 1 saturated carbocycles. The topological polar surface area (TPSA) is 85.3 Å². The van der Waals surface area contributed by atoms with Crippen molar-refractivity contribution in [2.75, 3.05) is 5.75 Å². The van der Waals surface area contributed by atoms with Crippen LogP contribution in [-0.4, -0.2) is 21.9 Å². The quantitative estimate of drug-likeness (QED) is 0.733. The third-order valence-electron chi connectivity index (χ3n) is 2.47. The fraction of sp³-hybridized carbons (Fsp3) is 0.545. The lowest BCUT2D eigenvalue weighted by atomic mass is 10.4. The minimum Gasteiger partial charge on any atom is -0.464 e. The van der Waals surface area contributed by atoms with Crippen molar-refractivity contribution in [1.29, 1.82) is 0 Å². The van der Waals surface area contributed by atoms with Gasteiger partial charge in [-0.25, -0.2) is 0 Å². The van der Waals surface area contributed by atoms with Crippen molar-refractivity contribution < 1.29 is 13.4 Å². The standard InChI is InChI=1S/C11H16N2O3S/c12-11(14)7-17(15)6-10-4-3-9(16-10)5-13-8-1-2-8/h3-4,8,13H,1-2,5-7H2,(H2,12,14). The van der Waals surface area contributed by atoms with Crippen molar-refractivity contribution in [2.24, 2.45) is 5.73 Å². The van der Waals surface area contributed by atoms with E-state index >= 15 is 0 Å². The molecule has 1 fully saturated rings. The predicted molar refractivity (Wildman–Crippen MR) is 64.5 cm³/mol. The van der Waals surface area contributed by atoms with E-state index in [2.05, 4.69) is 5.32 Å². The molecule has 1 aromatic heterocycles. The second kappa shape index (κ2) is 5.46. The Bertz CT molecular complexity index is 426. The summed E-state index contributed by atoms with van der Waals surface area (Å²) in [5, 5.41) is 3.33. The molecule has 0 aliphatic heterocycles. The Hall–Kier alpha value is -1.14. The summed E-state index contributed by atoms with van der Waals surface area (Å²) in [4.78, 5) is 10.6. The zero-order valence-electron chi connectivity index (χ0n) is 9.48. The number of carbonyl (C=O) groups excluding carboxylic acids is 1. The van der Waals surface area contributed by atoms with Crippen molar-refractivity contribution in [3.63, 3.8) is 0 Å². The van der Waals surface area contributed by atoms with Crippen LogP contribution in [0.3, 0.4) is 0 Å². The third kappa shape index (κ3) is 4.32. The van der Waals surface area contributed by atoms with Crippen molar-refractivity contribution in [3.8, 4) is 0 Å². The maximum atomic E-state index is 11.4. The average Bonchev–Trinajstić information content (AvgIpc) is 2.96. The summed E-state index contributed by atoms with van der Waals surface area (Å²) < 4.78 is 16.9. The fourth-order valence-corrected chi connectivity index (χ4v) is 2.39. The van der Waals surface area contributed by atoms with E-state index in [4.69, 9.17) is 10.2 Å². The summed E-state index contributed by atoms with van der Waals surface area (Å²) in [5.41, 5.74) is 4.97. The minimum atomic E-state index is -1.28. The van der Waals surface area contributed by atoms with E-state index in [1.54, 1.807) is 6.07 Å². The van der Waals surface area contributed by atoms with E-state index in [0.29, 0.717) is 18.3 Å². The van der Waals surface area contributed by atoms with E-state index in [0.717, 1.165) is 5.76 Å². The first kappa shape index (κ1) is 12.3. The van der Waals surface area contributed by atoms with Gasteiger partial charge in [-0.1, -0.05) is 0 Å². The second-order valence-corrected chi connectivity index (χ2v) is 5.68. The van der Waals surface area contributed by atoms with Crippen LogP contribution in [0, 0.1) is 0 Å². The molecule has 1 heterocycles. The minimum absolute atomic E-state index is 0.115. The van der Waals surface area contributed by atoms with Gasteiger partial charge in [0.2, 0.25) is 5.91 Å². The van der Waals surface area contributed by atoms with Crippen LogP contribution in [0.4, 0.5) is 0 Å². The smallest absolute Gasteiger partial charge is 0.230 e. The van der Waals surface area contributed by atoms with Gasteiger partial charge in [0.25, 0.3) is 0 Å². The monoisotopic (exact) mass is 256 g/mol. The molecule has 17 heavy (non-hydrogen) atoms. The predicted octanol–water partition coefficient (Wildman–Crippen LogP) is 0.266. The Kier molecular flexibility index (Phi) is 3.96. The van der Waals surface area contributed by atoms with Crippen molar-refractivity contribution in [3.05, 3.63) is 23.7 Å². The van der Waals surface area contributed by atoms with Crippen LogP contribution in [0.1, 0.15) is 24.4 Å². The summed E-state index contributed by atoms with van der Waals surface area (Å²) >= 11 is 0. The van der Waals surface area contributed by atoms with Gasteiger partial charge in [0.15, 0.2) is 0 Å².